The molecule has 21 heavy (non-hydrogen) atoms. The first-order valence-electron chi connectivity index (χ1n) is 6.24. The van der Waals surface area contributed by atoms with E-state index < -0.39 is 11.9 Å². The van der Waals surface area contributed by atoms with Crippen LogP contribution in [0.3, 0.4) is 0 Å². The van der Waals surface area contributed by atoms with E-state index in [0.717, 1.165) is 10.8 Å². The number of aromatic nitrogens is 2. The smallest absolute Gasteiger partial charge is 0.359 e. The van der Waals surface area contributed by atoms with Gasteiger partial charge in [-0.1, -0.05) is 24.3 Å². The summed E-state index contributed by atoms with van der Waals surface area (Å²) in [6, 6.07) is 9.39. The molecule has 3 rings (SSSR count). The summed E-state index contributed by atoms with van der Waals surface area (Å²) >= 11 is 0. The maximum atomic E-state index is 12.1. The number of carbonyl (C=O) groups excluding carboxylic acids is 2. The average Bonchev–Trinajstić information content (AvgIpc) is 2.93. The van der Waals surface area contributed by atoms with Gasteiger partial charge in [-0.3, -0.25) is 0 Å². The van der Waals surface area contributed by atoms with E-state index in [1.165, 1.54) is 18.7 Å². The first kappa shape index (κ1) is 13.1. The van der Waals surface area contributed by atoms with Crippen LogP contribution in [0, 0.1) is 0 Å². The van der Waals surface area contributed by atoms with Gasteiger partial charge in [-0.05, 0) is 11.5 Å². The number of esters is 2. The second kappa shape index (κ2) is 4.90. The van der Waals surface area contributed by atoms with E-state index in [1.807, 2.05) is 30.3 Å². The molecule has 6 nitrogen and oxygen atoms in total. The molecule has 0 aliphatic rings. The molecule has 0 saturated carbocycles. The van der Waals surface area contributed by atoms with E-state index in [4.69, 9.17) is 9.47 Å². The molecule has 0 radical (unpaired) electrons. The highest BCUT2D eigenvalue weighted by Crippen LogP contribution is 2.26. The molecule has 106 valence electrons. The van der Waals surface area contributed by atoms with E-state index in [2.05, 4.69) is 5.10 Å². The molecule has 1 aromatic carbocycles. The monoisotopic (exact) mass is 284 g/mol. The van der Waals surface area contributed by atoms with Crippen molar-refractivity contribution in [1.29, 1.82) is 0 Å². The maximum Gasteiger partial charge on any atom is 0.359 e. The Labute approximate surface area is 119 Å². The van der Waals surface area contributed by atoms with Crippen LogP contribution >= 0.6 is 0 Å². The molecule has 0 aliphatic heterocycles. The van der Waals surface area contributed by atoms with Gasteiger partial charge in [0.15, 0.2) is 5.69 Å². The van der Waals surface area contributed by atoms with Gasteiger partial charge in [-0.25, -0.2) is 14.1 Å². The summed E-state index contributed by atoms with van der Waals surface area (Å²) < 4.78 is 11.0. The topological polar surface area (TPSA) is 69.9 Å². The molecule has 0 atom stereocenters. The minimum absolute atomic E-state index is 0.0549. The maximum absolute atomic E-state index is 12.1. The molecular weight excluding hydrogens is 272 g/mol. The lowest BCUT2D eigenvalue weighted by molar-refractivity contribution is 0.0553. The summed E-state index contributed by atoms with van der Waals surface area (Å²) in [5.74, 6) is -1.30. The van der Waals surface area contributed by atoms with Crippen LogP contribution in [-0.2, 0) is 9.47 Å². The van der Waals surface area contributed by atoms with E-state index in [-0.39, 0.29) is 11.3 Å². The molecule has 0 unspecified atom stereocenters. The Morgan fingerprint density at radius 1 is 1.05 bits per heavy atom. The highest BCUT2D eigenvalue weighted by molar-refractivity contribution is 6.13. The summed E-state index contributed by atoms with van der Waals surface area (Å²) in [6.07, 6.45) is 1.69. The number of methoxy groups -OCH3 is 2. The Morgan fingerprint density at radius 3 is 2.48 bits per heavy atom. The van der Waals surface area contributed by atoms with Crippen molar-refractivity contribution >= 4 is 28.2 Å². The van der Waals surface area contributed by atoms with Crippen molar-refractivity contribution in [2.24, 2.45) is 0 Å². The minimum atomic E-state index is -0.678. The van der Waals surface area contributed by atoms with Crippen LogP contribution in [0.5, 0.6) is 0 Å². The van der Waals surface area contributed by atoms with Crippen LogP contribution in [-0.4, -0.2) is 35.8 Å². The molecular formula is C15H12N2O4. The number of nitrogens with zero attached hydrogens (tertiary/aromatic N) is 2. The molecule has 2 heterocycles. The number of benzene rings is 1. The van der Waals surface area contributed by atoms with Gasteiger partial charge in [0.2, 0.25) is 0 Å². The molecule has 0 bridgehead atoms. The molecule has 3 aromatic rings. The van der Waals surface area contributed by atoms with Crippen LogP contribution in [0.4, 0.5) is 0 Å². The fourth-order valence-electron chi connectivity index (χ4n) is 2.34. The van der Waals surface area contributed by atoms with Crippen LogP contribution < -0.4 is 0 Å². The van der Waals surface area contributed by atoms with Gasteiger partial charge in [0.05, 0.1) is 19.7 Å². The van der Waals surface area contributed by atoms with Crippen molar-refractivity contribution in [3.63, 3.8) is 0 Å². The van der Waals surface area contributed by atoms with Gasteiger partial charge >= 0.3 is 11.9 Å². The van der Waals surface area contributed by atoms with Crippen molar-refractivity contribution in [3.05, 3.63) is 47.8 Å². The van der Waals surface area contributed by atoms with Crippen molar-refractivity contribution < 1.29 is 19.1 Å². The Bertz CT molecular complexity index is 867. The lowest BCUT2D eigenvalue weighted by Crippen LogP contribution is -2.10. The minimum Gasteiger partial charge on any atom is -0.465 e. The molecule has 6 heteroatoms. The zero-order chi connectivity index (χ0) is 15.0. The SMILES string of the molecule is COC(=O)c1nn2ccc3ccccc3c2c1C(=O)OC. The number of hydrogen-bond acceptors (Lipinski definition) is 5. The highest BCUT2D eigenvalue weighted by atomic mass is 16.5. The second-order valence-corrected chi connectivity index (χ2v) is 4.40. The fraction of sp³-hybridized carbons (Fsp3) is 0.133. The van der Waals surface area contributed by atoms with E-state index in [1.54, 1.807) is 6.20 Å². The first-order chi connectivity index (χ1) is 10.2. The lowest BCUT2D eigenvalue weighted by Gasteiger charge is -2.03. The first-order valence-corrected chi connectivity index (χ1v) is 6.24. The van der Waals surface area contributed by atoms with Crippen LogP contribution in [0.25, 0.3) is 16.3 Å². The summed E-state index contributed by atoms with van der Waals surface area (Å²) in [5, 5.41) is 5.89. The standard InChI is InChI=1S/C15H12N2O4/c1-20-14(18)11-12(15(19)21-2)16-17-8-7-9-5-3-4-6-10(9)13(11)17/h3-8H,1-2H3. The van der Waals surface area contributed by atoms with E-state index in [9.17, 15) is 9.59 Å². The van der Waals surface area contributed by atoms with Crippen molar-refractivity contribution in [3.8, 4) is 0 Å². The van der Waals surface area contributed by atoms with Crippen LogP contribution in [0.2, 0.25) is 0 Å². The number of rotatable bonds is 2. The molecule has 0 amide bonds. The third kappa shape index (κ3) is 1.92. The predicted molar refractivity (Wildman–Crippen MR) is 75.4 cm³/mol. The third-order valence-corrected chi connectivity index (χ3v) is 3.29. The third-order valence-electron chi connectivity index (χ3n) is 3.29. The zero-order valence-electron chi connectivity index (χ0n) is 11.5. The quantitative estimate of drug-likeness (QED) is 0.674. The molecule has 2 aromatic heterocycles. The zero-order valence-corrected chi connectivity index (χ0v) is 11.5. The predicted octanol–water partition coefficient (Wildman–Crippen LogP) is 2.06. The number of fused-ring (bicyclic) bond motifs is 3. The summed E-state index contributed by atoms with van der Waals surface area (Å²) in [4.78, 5) is 23.9. The number of ether oxygens (including phenoxy) is 2. The van der Waals surface area contributed by atoms with Crippen LogP contribution in [0.1, 0.15) is 20.8 Å². The van der Waals surface area contributed by atoms with Gasteiger partial charge < -0.3 is 9.47 Å². The normalized spacial score (nSPS) is 10.8. The Balaban J connectivity index is 2.47. The average molecular weight is 284 g/mol. The number of carbonyl (C=O) groups is 2. The van der Waals surface area contributed by atoms with Crippen molar-refractivity contribution in [1.82, 2.24) is 9.61 Å². The molecule has 0 spiro atoms. The van der Waals surface area contributed by atoms with Gasteiger partial charge in [0.25, 0.3) is 0 Å². The molecule has 0 saturated heterocycles. The van der Waals surface area contributed by atoms with Crippen molar-refractivity contribution in [2.75, 3.05) is 14.2 Å². The summed E-state index contributed by atoms with van der Waals surface area (Å²) in [5.41, 5.74) is 0.585. The Morgan fingerprint density at radius 2 is 1.76 bits per heavy atom. The van der Waals surface area contributed by atoms with Crippen LogP contribution in [0.15, 0.2) is 36.5 Å². The molecule has 0 fully saturated rings. The molecule has 0 aliphatic carbocycles. The van der Waals surface area contributed by atoms with Gasteiger partial charge in [0, 0.05) is 11.6 Å². The van der Waals surface area contributed by atoms with E-state index >= 15 is 0 Å². The van der Waals surface area contributed by atoms with E-state index in [0.29, 0.717) is 5.52 Å². The Kier molecular flexibility index (Phi) is 3.06. The highest BCUT2D eigenvalue weighted by Gasteiger charge is 2.27. The Hall–Kier alpha value is -2.89. The van der Waals surface area contributed by atoms with Gasteiger partial charge in [0.1, 0.15) is 5.56 Å². The summed E-state index contributed by atoms with van der Waals surface area (Å²) in [7, 11) is 2.50. The lowest BCUT2D eigenvalue weighted by atomic mass is 10.1. The number of hydrogen-bond donors (Lipinski definition) is 0. The number of pyridine rings is 1. The van der Waals surface area contributed by atoms with Crippen molar-refractivity contribution in [2.45, 2.75) is 0 Å². The fourth-order valence-corrected chi connectivity index (χ4v) is 2.34. The second-order valence-electron chi connectivity index (χ2n) is 4.40. The largest absolute Gasteiger partial charge is 0.465 e. The molecule has 0 N–H and O–H groups in total. The van der Waals surface area contributed by atoms with Gasteiger partial charge in [-0.2, -0.15) is 5.10 Å². The van der Waals surface area contributed by atoms with Gasteiger partial charge in [-0.15, -0.1) is 0 Å². The summed E-state index contributed by atoms with van der Waals surface area (Å²) in [6.45, 7) is 0.